The number of aliphatic hydroxyl groups is 1. The van der Waals surface area contributed by atoms with Gasteiger partial charge < -0.3 is 9.84 Å². The van der Waals surface area contributed by atoms with E-state index in [1.807, 2.05) is 11.4 Å². The van der Waals surface area contributed by atoms with Gasteiger partial charge in [-0.2, -0.15) is 0 Å². The highest BCUT2D eigenvalue weighted by atomic mass is 32.2. The molecule has 0 saturated heterocycles. The highest BCUT2D eigenvalue weighted by Crippen LogP contribution is 2.34. The smallest absolute Gasteiger partial charge is 0.143 e. The van der Waals surface area contributed by atoms with E-state index in [1.54, 1.807) is 30.2 Å². The summed E-state index contributed by atoms with van der Waals surface area (Å²) in [6.07, 6.45) is 0. The van der Waals surface area contributed by atoms with Crippen LogP contribution in [0.25, 0.3) is 0 Å². The lowest BCUT2D eigenvalue weighted by Gasteiger charge is -1.99. The quantitative estimate of drug-likeness (QED) is 0.735. The first-order valence-electron chi connectivity index (χ1n) is 3.23. The van der Waals surface area contributed by atoms with Crippen molar-refractivity contribution in [2.24, 2.45) is 0 Å². The molecule has 1 aromatic rings. The molecular weight excluding hydrogens is 180 g/mol. The minimum absolute atomic E-state index is 0.214. The summed E-state index contributed by atoms with van der Waals surface area (Å²) in [5.74, 6) is 1.64. The molecule has 0 unspecified atom stereocenters. The third-order valence-corrected chi connectivity index (χ3v) is 3.32. The second-order valence-electron chi connectivity index (χ2n) is 1.85. The van der Waals surface area contributed by atoms with Crippen LogP contribution in [-0.2, 0) is 0 Å². The van der Waals surface area contributed by atoms with Crippen LogP contribution in [0, 0.1) is 0 Å². The first-order chi connectivity index (χ1) is 5.38. The van der Waals surface area contributed by atoms with Gasteiger partial charge in [0.05, 0.1) is 13.7 Å². The zero-order valence-electron chi connectivity index (χ0n) is 6.24. The topological polar surface area (TPSA) is 29.5 Å². The van der Waals surface area contributed by atoms with Crippen molar-refractivity contribution in [2.75, 3.05) is 19.5 Å². The van der Waals surface area contributed by atoms with E-state index >= 15 is 0 Å². The summed E-state index contributed by atoms with van der Waals surface area (Å²) >= 11 is 3.26. The summed E-state index contributed by atoms with van der Waals surface area (Å²) in [7, 11) is 1.66. The maximum absolute atomic E-state index is 8.57. The van der Waals surface area contributed by atoms with Crippen LogP contribution in [-0.4, -0.2) is 24.6 Å². The van der Waals surface area contributed by atoms with Gasteiger partial charge in [-0.25, -0.2) is 0 Å². The lowest BCUT2D eigenvalue weighted by Crippen LogP contribution is -1.85. The van der Waals surface area contributed by atoms with E-state index in [0.717, 1.165) is 15.7 Å². The van der Waals surface area contributed by atoms with Crippen LogP contribution in [0.3, 0.4) is 0 Å². The van der Waals surface area contributed by atoms with Gasteiger partial charge in [-0.1, -0.05) is 0 Å². The van der Waals surface area contributed by atoms with Crippen molar-refractivity contribution in [1.29, 1.82) is 0 Å². The lowest BCUT2D eigenvalue weighted by molar-refractivity contribution is 0.322. The van der Waals surface area contributed by atoms with Crippen molar-refractivity contribution in [3.8, 4) is 5.75 Å². The molecule has 11 heavy (non-hydrogen) atoms. The average Bonchev–Trinajstić information content (AvgIpc) is 2.47. The number of thiophene rings is 1. The maximum Gasteiger partial charge on any atom is 0.143 e. The Hall–Kier alpha value is -0.190. The fourth-order valence-electron chi connectivity index (χ4n) is 0.679. The van der Waals surface area contributed by atoms with Crippen molar-refractivity contribution in [2.45, 2.75) is 4.21 Å². The van der Waals surface area contributed by atoms with Crippen LogP contribution in [0.5, 0.6) is 5.75 Å². The van der Waals surface area contributed by atoms with Crippen LogP contribution in [0.2, 0.25) is 0 Å². The van der Waals surface area contributed by atoms with Gasteiger partial charge in [0.15, 0.2) is 0 Å². The van der Waals surface area contributed by atoms with Crippen LogP contribution in [0.4, 0.5) is 0 Å². The molecule has 0 radical (unpaired) electrons. The molecule has 0 bridgehead atoms. The molecule has 0 aliphatic carbocycles. The highest BCUT2D eigenvalue weighted by Gasteiger charge is 2.02. The zero-order valence-corrected chi connectivity index (χ0v) is 7.87. The van der Waals surface area contributed by atoms with E-state index in [9.17, 15) is 0 Å². The van der Waals surface area contributed by atoms with E-state index in [1.165, 1.54) is 0 Å². The predicted molar refractivity (Wildman–Crippen MR) is 48.7 cm³/mol. The monoisotopic (exact) mass is 190 g/mol. The summed E-state index contributed by atoms with van der Waals surface area (Å²) in [6.45, 7) is 0.214. The molecule has 1 rings (SSSR count). The summed E-state index contributed by atoms with van der Waals surface area (Å²) in [5, 5.41) is 10.6. The number of ether oxygens (including phenoxy) is 1. The van der Waals surface area contributed by atoms with Gasteiger partial charge in [0.2, 0.25) is 0 Å². The van der Waals surface area contributed by atoms with Gasteiger partial charge >= 0.3 is 0 Å². The molecule has 1 heterocycles. The average molecular weight is 190 g/mol. The normalized spacial score (nSPS) is 10.0. The van der Waals surface area contributed by atoms with Crippen LogP contribution in [0.15, 0.2) is 15.7 Å². The SMILES string of the molecule is COc1ccsc1SCCO. The minimum Gasteiger partial charge on any atom is -0.495 e. The Bertz CT molecular complexity index is 210. The first-order valence-corrected chi connectivity index (χ1v) is 5.10. The predicted octanol–water partition coefficient (Wildman–Crippen LogP) is 1.84. The van der Waals surface area contributed by atoms with E-state index in [4.69, 9.17) is 9.84 Å². The molecule has 0 aliphatic heterocycles. The number of hydrogen-bond donors (Lipinski definition) is 1. The van der Waals surface area contributed by atoms with Gasteiger partial charge in [-0.05, 0) is 11.4 Å². The second-order valence-corrected chi connectivity index (χ2v) is 4.13. The minimum atomic E-state index is 0.214. The Morgan fingerprint density at radius 3 is 3.18 bits per heavy atom. The molecule has 1 N–H and O–H groups in total. The molecule has 2 nitrogen and oxygen atoms in total. The zero-order chi connectivity index (χ0) is 8.10. The molecule has 1 aromatic heterocycles. The van der Waals surface area contributed by atoms with Gasteiger partial charge in [0.25, 0.3) is 0 Å². The van der Waals surface area contributed by atoms with Crippen LogP contribution < -0.4 is 4.74 Å². The fourth-order valence-corrected chi connectivity index (χ4v) is 2.52. The maximum atomic E-state index is 8.57. The Labute approximate surface area is 74.2 Å². The highest BCUT2D eigenvalue weighted by molar-refractivity contribution is 8.01. The third-order valence-electron chi connectivity index (χ3n) is 1.14. The number of thioether (sulfide) groups is 1. The fraction of sp³-hybridized carbons (Fsp3) is 0.429. The van der Waals surface area contributed by atoms with E-state index in [2.05, 4.69) is 0 Å². The van der Waals surface area contributed by atoms with E-state index in [-0.39, 0.29) is 6.61 Å². The summed E-state index contributed by atoms with van der Waals surface area (Å²) in [5.41, 5.74) is 0. The molecule has 4 heteroatoms. The number of aliphatic hydroxyl groups excluding tert-OH is 1. The van der Waals surface area contributed by atoms with Crippen molar-refractivity contribution in [1.82, 2.24) is 0 Å². The molecular formula is C7H10O2S2. The summed E-state index contributed by atoms with van der Waals surface area (Å²) in [6, 6.07) is 1.93. The molecule has 62 valence electrons. The Kier molecular flexibility index (Phi) is 3.76. The first kappa shape index (κ1) is 8.90. The summed E-state index contributed by atoms with van der Waals surface area (Å²) < 4.78 is 6.23. The molecule has 0 amide bonds. The molecule has 0 aliphatic rings. The standard InChI is InChI=1S/C7H10O2S2/c1-9-6-2-4-10-7(6)11-5-3-8/h2,4,8H,3,5H2,1H3. The third kappa shape index (κ3) is 2.39. The Morgan fingerprint density at radius 2 is 2.55 bits per heavy atom. The van der Waals surface area contributed by atoms with Gasteiger partial charge in [-0.3, -0.25) is 0 Å². The number of methoxy groups -OCH3 is 1. The lowest BCUT2D eigenvalue weighted by atomic mass is 10.6. The number of rotatable bonds is 4. The molecule has 0 aromatic carbocycles. The molecule has 0 atom stereocenters. The van der Waals surface area contributed by atoms with Gasteiger partial charge in [-0.15, -0.1) is 23.1 Å². The Balaban J connectivity index is 2.54. The molecule has 0 spiro atoms. The Morgan fingerprint density at radius 1 is 1.73 bits per heavy atom. The molecule has 0 saturated carbocycles. The van der Waals surface area contributed by atoms with Crippen molar-refractivity contribution in [3.63, 3.8) is 0 Å². The van der Waals surface area contributed by atoms with Crippen LogP contribution in [0.1, 0.15) is 0 Å². The summed E-state index contributed by atoms with van der Waals surface area (Å²) in [4.78, 5) is 0. The molecule has 0 fully saturated rings. The van der Waals surface area contributed by atoms with Crippen molar-refractivity contribution >= 4 is 23.1 Å². The van der Waals surface area contributed by atoms with E-state index in [0.29, 0.717) is 0 Å². The van der Waals surface area contributed by atoms with E-state index < -0.39 is 0 Å². The second kappa shape index (κ2) is 4.64. The largest absolute Gasteiger partial charge is 0.495 e. The van der Waals surface area contributed by atoms with Crippen LogP contribution >= 0.6 is 23.1 Å². The van der Waals surface area contributed by atoms with Gasteiger partial charge in [0, 0.05) is 5.75 Å². The van der Waals surface area contributed by atoms with Gasteiger partial charge in [0.1, 0.15) is 9.96 Å². The van der Waals surface area contributed by atoms with Crippen molar-refractivity contribution in [3.05, 3.63) is 11.4 Å². The number of hydrogen-bond acceptors (Lipinski definition) is 4. The van der Waals surface area contributed by atoms with Crippen molar-refractivity contribution < 1.29 is 9.84 Å².